The van der Waals surface area contributed by atoms with Gasteiger partial charge in [0.15, 0.2) is 0 Å². The second-order valence-electron chi connectivity index (χ2n) is 8.47. The number of nitrogens with zero attached hydrogens (tertiary/aromatic N) is 4. The van der Waals surface area contributed by atoms with Crippen molar-refractivity contribution in [3.05, 3.63) is 30.4 Å². The molecular formula is C23H31N5O4. The van der Waals surface area contributed by atoms with E-state index in [9.17, 15) is 9.59 Å². The average Bonchev–Trinajstić information content (AvgIpc) is 3.47. The quantitative estimate of drug-likeness (QED) is 0.759. The molecule has 2 aromatic heterocycles. The van der Waals surface area contributed by atoms with Crippen molar-refractivity contribution in [2.24, 2.45) is 5.92 Å². The van der Waals surface area contributed by atoms with Crippen LogP contribution in [0.2, 0.25) is 0 Å². The summed E-state index contributed by atoms with van der Waals surface area (Å²) in [4.78, 5) is 36.6. The van der Waals surface area contributed by atoms with Crippen molar-refractivity contribution in [1.82, 2.24) is 25.3 Å². The molecule has 9 nitrogen and oxygen atoms in total. The van der Waals surface area contributed by atoms with E-state index in [1.54, 1.807) is 12.4 Å². The van der Waals surface area contributed by atoms with Crippen LogP contribution in [0.5, 0.6) is 0 Å². The van der Waals surface area contributed by atoms with Crippen LogP contribution in [0.15, 0.2) is 29.0 Å². The first-order chi connectivity index (χ1) is 15.7. The molecule has 1 aliphatic heterocycles. The van der Waals surface area contributed by atoms with Crippen molar-refractivity contribution in [1.29, 1.82) is 0 Å². The Bertz CT molecular complexity index is 903. The van der Waals surface area contributed by atoms with E-state index in [-0.39, 0.29) is 36.3 Å². The lowest BCUT2D eigenvalue weighted by Crippen LogP contribution is -2.48. The third-order valence-electron chi connectivity index (χ3n) is 6.35. The summed E-state index contributed by atoms with van der Waals surface area (Å²) in [6.45, 7) is 3.70. The zero-order chi connectivity index (χ0) is 22.3. The molecule has 0 spiro atoms. The molecule has 1 N–H and O–H groups in total. The fourth-order valence-corrected chi connectivity index (χ4v) is 4.71. The number of aromatic nitrogens is 3. The minimum absolute atomic E-state index is 0.000563. The lowest BCUT2D eigenvalue weighted by molar-refractivity contribution is -0.140. The first-order valence-corrected chi connectivity index (χ1v) is 11.6. The molecule has 1 aliphatic carbocycles. The lowest BCUT2D eigenvalue weighted by Gasteiger charge is -2.32. The van der Waals surface area contributed by atoms with E-state index in [1.807, 2.05) is 24.0 Å². The van der Waals surface area contributed by atoms with Gasteiger partial charge in [-0.05, 0) is 44.7 Å². The van der Waals surface area contributed by atoms with Gasteiger partial charge in [-0.3, -0.25) is 14.6 Å². The second kappa shape index (κ2) is 10.7. The molecule has 2 aliphatic rings. The van der Waals surface area contributed by atoms with E-state index in [4.69, 9.17) is 9.26 Å². The van der Waals surface area contributed by atoms with E-state index in [0.717, 1.165) is 31.2 Å². The molecule has 0 aromatic carbocycles. The highest BCUT2D eigenvalue weighted by atomic mass is 16.5. The van der Waals surface area contributed by atoms with Crippen LogP contribution in [0.1, 0.15) is 57.3 Å². The first-order valence-electron chi connectivity index (χ1n) is 11.6. The molecule has 9 heteroatoms. The molecule has 0 radical (unpaired) electrons. The third-order valence-corrected chi connectivity index (χ3v) is 6.35. The summed E-state index contributed by atoms with van der Waals surface area (Å²) in [6.07, 6.45) is 8.53. The molecule has 4 rings (SSSR count). The van der Waals surface area contributed by atoms with Gasteiger partial charge in [0.1, 0.15) is 6.61 Å². The van der Waals surface area contributed by atoms with Gasteiger partial charge in [0.2, 0.25) is 23.5 Å². The fraction of sp³-hybridized carbons (Fsp3) is 0.609. The summed E-state index contributed by atoms with van der Waals surface area (Å²) in [7, 11) is 0. The van der Waals surface area contributed by atoms with Crippen LogP contribution in [0.3, 0.4) is 0 Å². The molecule has 0 bridgehead atoms. The van der Waals surface area contributed by atoms with Gasteiger partial charge in [-0.2, -0.15) is 4.98 Å². The average molecular weight is 442 g/mol. The highest BCUT2D eigenvalue weighted by molar-refractivity contribution is 5.82. The molecule has 2 amide bonds. The summed E-state index contributed by atoms with van der Waals surface area (Å²) in [6, 6.07) is 3.49. The molecule has 2 aromatic rings. The number of ether oxygens (including phenoxy) is 1. The maximum Gasteiger partial charge on any atom is 0.248 e. The number of fused-ring (bicyclic) bond motifs is 1. The van der Waals surface area contributed by atoms with Gasteiger partial charge >= 0.3 is 0 Å². The van der Waals surface area contributed by atoms with E-state index >= 15 is 0 Å². The fourth-order valence-electron chi connectivity index (χ4n) is 4.71. The summed E-state index contributed by atoms with van der Waals surface area (Å²) in [5.41, 5.74) is 0.780. The van der Waals surface area contributed by atoms with Gasteiger partial charge in [0.05, 0.1) is 5.92 Å². The van der Waals surface area contributed by atoms with Gasteiger partial charge in [0.25, 0.3) is 0 Å². The topological polar surface area (TPSA) is 110 Å². The maximum absolute atomic E-state index is 13.1. The lowest BCUT2D eigenvalue weighted by atomic mass is 10.00. The standard InChI is InChI=1S/C23H31N5O4/c1-2-31-15-20(29)28-11-6-4-3-5-10-25-22(30)18-12-17(13-19(18)28)23-26-21(27-32-23)16-8-7-9-24-14-16/h7-9,14,17-19H,2-6,10-13,15H2,1H3,(H,25,30). The SMILES string of the molecule is CCOCC(=O)N1CCCCCCNC(=O)C2CC(c3nc(-c4cccnc4)no3)CC21. The number of amides is 2. The van der Waals surface area contributed by atoms with Gasteiger partial charge in [-0.25, -0.2) is 0 Å². The van der Waals surface area contributed by atoms with Crippen molar-refractivity contribution in [2.45, 2.75) is 57.4 Å². The highest BCUT2D eigenvalue weighted by Gasteiger charge is 2.45. The molecule has 172 valence electrons. The Hall–Kier alpha value is -2.81. The zero-order valence-electron chi connectivity index (χ0n) is 18.5. The monoisotopic (exact) mass is 441 g/mol. The van der Waals surface area contributed by atoms with Crippen molar-refractivity contribution in [3.63, 3.8) is 0 Å². The third kappa shape index (κ3) is 5.15. The Balaban J connectivity index is 1.57. The zero-order valence-corrected chi connectivity index (χ0v) is 18.5. The first kappa shape index (κ1) is 22.4. The normalized spacial score (nSPS) is 24.5. The van der Waals surface area contributed by atoms with E-state index in [2.05, 4.69) is 20.4 Å². The predicted molar refractivity (Wildman–Crippen MR) is 116 cm³/mol. The molecule has 1 saturated heterocycles. The maximum atomic E-state index is 13.1. The van der Waals surface area contributed by atoms with E-state index in [0.29, 0.717) is 44.3 Å². The number of carbonyl (C=O) groups excluding carboxylic acids is 2. The molecule has 3 unspecified atom stereocenters. The molecular weight excluding hydrogens is 410 g/mol. The largest absolute Gasteiger partial charge is 0.372 e. The van der Waals surface area contributed by atoms with Crippen LogP contribution < -0.4 is 5.32 Å². The van der Waals surface area contributed by atoms with Gasteiger partial charge in [-0.15, -0.1) is 0 Å². The molecule has 2 fully saturated rings. The van der Waals surface area contributed by atoms with Gasteiger partial charge < -0.3 is 19.5 Å². The summed E-state index contributed by atoms with van der Waals surface area (Å²) < 4.78 is 11.0. The van der Waals surface area contributed by atoms with Crippen LogP contribution in [-0.4, -0.2) is 64.2 Å². The number of nitrogens with one attached hydrogen (secondary N) is 1. The van der Waals surface area contributed by atoms with Crippen LogP contribution >= 0.6 is 0 Å². The molecule has 3 heterocycles. The Kier molecular flexibility index (Phi) is 7.47. The van der Waals surface area contributed by atoms with E-state index < -0.39 is 0 Å². The van der Waals surface area contributed by atoms with Gasteiger partial charge in [-0.1, -0.05) is 18.0 Å². The molecule has 32 heavy (non-hydrogen) atoms. The predicted octanol–water partition coefficient (Wildman–Crippen LogP) is 2.55. The number of hydrogen-bond donors (Lipinski definition) is 1. The summed E-state index contributed by atoms with van der Waals surface area (Å²) in [5, 5.41) is 7.19. The Morgan fingerprint density at radius 1 is 1.28 bits per heavy atom. The Morgan fingerprint density at radius 3 is 2.97 bits per heavy atom. The van der Waals surface area contributed by atoms with Crippen molar-refractivity contribution in [2.75, 3.05) is 26.3 Å². The van der Waals surface area contributed by atoms with Crippen molar-refractivity contribution >= 4 is 11.8 Å². The van der Waals surface area contributed by atoms with Crippen LogP contribution in [0.25, 0.3) is 11.4 Å². The number of carbonyl (C=O) groups is 2. The Labute approximate surface area is 187 Å². The van der Waals surface area contributed by atoms with E-state index in [1.165, 1.54) is 0 Å². The minimum Gasteiger partial charge on any atom is -0.372 e. The Morgan fingerprint density at radius 2 is 2.16 bits per heavy atom. The number of rotatable bonds is 5. The smallest absolute Gasteiger partial charge is 0.248 e. The summed E-state index contributed by atoms with van der Waals surface area (Å²) in [5.74, 6) is 0.540. The van der Waals surface area contributed by atoms with Crippen LogP contribution in [0, 0.1) is 5.92 Å². The highest BCUT2D eigenvalue weighted by Crippen LogP contribution is 2.41. The van der Waals surface area contributed by atoms with Gasteiger partial charge in [0, 0.05) is 49.6 Å². The van der Waals surface area contributed by atoms with Crippen LogP contribution in [0.4, 0.5) is 0 Å². The van der Waals surface area contributed by atoms with Crippen molar-refractivity contribution in [3.8, 4) is 11.4 Å². The molecule has 1 saturated carbocycles. The number of hydrogen-bond acceptors (Lipinski definition) is 7. The van der Waals surface area contributed by atoms with Crippen molar-refractivity contribution < 1.29 is 18.8 Å². The second-order valence-corrected chi connectivity index (χ2v) is 8.47. The molecule has 3 atom stereocenters. The van der Waals surface area contributed by atoms with Crippen LogP contribution in [-0.2, 0) is 14.3 Å². The summed E-state index contributed by atoms with van der Waals surface area (Å²) >= 11 is 0. The number of pyridine rings is 1. The minimum atomic E-state index is -0.308.